The number of rotatable bonds is 4. The highest BCUT2D eigenvalue weighted by Crippen LogP contribution is 2.65. The average Bonchev–Trinajstić information content (AvgIpc) is 3.47. The number of esters is 1. The van der Waals surface area contributed by atoms with E-state index in [2.05, 4.69) is 0 Å². The number of amides is 3. The molecule has 2 aliphatic heterocycles. The summed E-state index contributed by atoms with van der Waals surface area (Å²) in [5.74, 6) is -1.85. The van der Waals surface area contributed by atoms with E-state index in [4.69, 9.17) is 9.57 Å². The van der Waals surface area contributed by atoms with Crippen LogP contribution < -0.4 is 0 Å². The molecular formula is C24H30N2O6. The van der Waals surface area contributed by atoms with E-state index >= 15 is 0 Å². The molecule has 4 bridgehead atoms. The SMILES string of the molecule is CC(=O)N1O[C@]2(C)C(C)=C(C)[C@@]1(C)[C@@]2(C)COC(=O)CN1C(=O)[C@@H]2[C@H](C1=O)[C@H]1C=C[C@@H]2C1. The standard InChI is InChI=1S/C24H30N2O6/c1-12-13(2)24(6)22(4,23(12,5)26(32-24)14(3)27)11-31-17(28)10-25-20(29)18-15-7-8-16(9-15)19(18)21(25)30/h7-8,15-16,18-19H,9-11H2,1-6H3/t15-,16+,18+,19-,22-,23+,24-/m1/s1. The maximum absolute atomic E-state index is 12.9. The van der Waals surface area contributed by atoms with Crippen LogP contribution in [0.15, 0.2) is 23.3 Å². The molecule has 2 heterocycles. The minimum Gasteiger partial charge on any atom is -0.464 e. The van der Waals surface area contributed by atoms with Crippen molar-refractivity contribution in [2.75, 3.05) is 13.2 Å². The number of fused-ring (bicyclic) bond motifs is 7. The number of hydroxylamine groups is 2. The third-order valence-electron chi connectivity index (χ3n) is 9.47. The van der Waals surface area contributed by atoms with E-state index in [9.17, 15) is 19.2 Å². The van der Waals surface area contributed by atoms with Crippen molar-refractivity contribution in [2.45, 2.75) is 59.1 Å². The van der Waals surface area contributed by atoms with E-state index < -0.39 is 22.5 Å². The lowest BCUT2D eigenvalue weighted by atomic mass is 9.66. The van der Waals surface area contributed by atoms with Crippen LogP contribution in [0.2, 0.25) is 0 Å². The molecule has 0 radical (unpaired) electrons. The van der Waals surface area contributed by atoms with Gasteiger partial charge in [-0.25, -0.2) is 5.06 Å². The fourth-order valence-electron chi connectivity index (χ4n) is 7.01. The highest BCUT2D eigenvalue weighted by atomic mass is 16.7. The average molecular weight is 443 g/mol. The predicted molar refractivity (Wildman–Crippen MR) is 112 cm³/mol. The smallest absolute Gasteiger partial charge is 0.326 e. The van der Waals surface area contributed by atoms with Crippen molar-refractivity contribution in [3.63, 3.8) is 0 Å². The second-order valence-corrected chi connectivity index (χ2v) is 10.5. The molecule has 5 rings (SSSR count). The molecule has 3 aliphatic carbocycles. The second-order valence-electron chi connectivity index (χ2n) is 10.5. The molecule has 8 nitrogen and oxygen atoms in total. The van der Waals surface area contributed by atoms with Gasteiger partial charge in [-0.2, -0.15) is 0 Å². The first kappa shape index (κ1) is 21.4. The zero-order valence-electron chi connectivity index (χ0n) is 19.4. The summed E-state index contributed by atoms with van der Waals surface area (Å²) in [6.07, 6.45) is 4.89. The maximum atomic E-state index is 12.9. The van der Waals surface area contributed by atoms with E-state index in [1.165, 1.54) is 12.0 Å². The van der Waals surface area contributed by atoms with E-state index in [1.807, 2.05) is 46.8 Å². The van der Waals surface area contributed by atoms with Crippen molar-refractivity contribution in [1.29, 1.82) is 0 Å². The van der Waals surface area contributed by atoms with Crippen molar-refractivity contribution in [2.24, 2.45) is 29.1 Å². The highest BCUT2D eigenvalue weighted by molar-refractivity contribution is 6.08. The number of nitrogens with zero attached hydrogens (tertiary/aromatic N) is 2. The molecule has 0 N–H and O–H groups in total. The second kappa shape index (κ2) is 6.31. The third kappa shape index (κ3) is 2.21. The lowest BCUT2D eigenvalue weighted by Crippen LogP contribution is -2.55. The lowest BCUT2D eigenvalue weighted by molar-refractivity contribution is -0.212. The summed E-state index contributed by atoms with van der Waals surface area (Å²) >= 11 is 0. The van der Waals surface area contributed by atoms with Crippen LogP contribution in [0.5, 0.6) is 0 Å². The van der Waals surface area contributed by atoms with Gasteiger partial charge < -0.3 is 4.74 Å². The fraction of sp³-hybridized carbons (Fsp3) is 0.667. The van der Waals surface area contributed by atoms with Crippen molar-refractivity contribution < 1.29 is 28.8 Å². The minimum atomic E-state index is -0.820. The quantitative estimate of drug-likeness (QED) is 0.376. The van der Waals surface area contributed by atoms with E-state index in [1.54, 1.807) is 0 Å². The molecule has 0 aromatic rings. The van der Waals surface area contributed by atoms with Gasteiger partial charge in [0.2, 0.25) is 17.7 Å². The van der Waals surface area contributed by atoms with Gasteiger partial charge in [0.05, 0.1) is 17.3 Å². The van der Waals surface area contributed by atoms with Gasteiger partial charge in [-0.15, -0.1) is 0 Å². The number of carbonyl (C=O) groups is 4. The van der Waals surface area contributed by atoms with Crippen LogP contribution >= 0.6 is 0 Å². The van der Waals surface area contributed by atoms with Gasteiger partial charge in [0, 0.05) is 6.92 Å². The summed E-state index contributed by atoms with van der Waals surface area (Å²) in [5, 5.41) is 1.39. The summed E-state index contributed by atoms with van der Waals surface area (Å²) in [6, 6.07) is 0. The number of hydrogen-bond donors (Lipinski definition) is 0. The number of allylic oxidation sites excluding steroid dienone is 2. The summed E-state index contributed by atoms with van der Waals surface area (Å²) in [7, 11) is 0. The predicted octanol–water partition coefficient (Wildman–Crippen LogP) is 2.00. The van der Waals surface area contributed by atoms with Crippen molar-refractivity contribution in [1.82, 2.24) is 9.96 Å². The Labute approximate surface area is 187 Å². The first-order valence-electron chi connectivity index (χ1n) is 11.3. The van der Waals surface area contributed by atoms with Gasteiger partial charge in [-0.3, -0.25) is 28.9 Å². The maximum Gasteiger partial charge on any atom is 0.326 e. The van der Waals surface area contributed by atoms with Gasteiger partial charge >= 0.3 is 5.97 Å². The Balaban J connectivity index is 1.31. The Morgan fingerprint density at radius 2 is 1.62 bits per heavy atom. The van der Waals surface area contributed by atoms with E-state index in [-0.39, 0.29) is 54.5 Å². The van der Waals surface area contributed by atoms with Crippen LogP contribution in [0.3, 0.4) is 0 Å². The third-order valence-corrected chi connectivity index (χ3v) is 9.47. The van der Waals surface area contributed by atoms with Crippen LogP contribution in [0, 0.1) is 29.1 Å². The molecule has 172 valence electrons. The Morgan fingerprint density at radius 3 is 2.16 bits per heavy atom. The Morgan fingerprint density at radius 1 is 1.06 bits per heavy atom. The molecule has 3 fully saturated rings. The number of likely N-dealkylation sites (tertiary alicyclic amines) is 1. The monoisotopic (exact) mass is 442 g/mol. The van der Waals surface area contributed by atoms with Gasteiger partial charge in [0.15, 0.2) is 0 Å². The Bertz CT molecular complexity index is 1000. The minimum absolute atomic E-state index is 0.00677. The molecule has 0 aromatic carbocycles. The topological polar surface area (TPSA) is 93.2 Å². The van der Waals surface area contributed by atoms with Crippen molar-refractivity contribution in [3.8, 4) is 0 Å². The molecular weight excluding hydrogens is 412 g/mol. The normalized spacial score (nSPS) is 43.7. The van der Waals surface area contributed by atoms with Crippen molar-refractivity contribution >= 4 is 23.7 Å². The number of imide groups is 1. The van der Waals surface area contributed by atoms with Crippen LogP contribution in [0.25, 0.3) is 0 Å². The van der Waals surface area contributed by atoms with Crippen LogP contribution in [-0.4, -0.2) is 57.9 Å². The summed E-state index contributed by atoms with van der Waals surface area (Å²) in [4.78, 5) is 58.0. The lowest BCUT2D eigenvalue weighted by Gasteiger charge is -2.41. The molecule has 5 aliphatic rings. The van der Waals surface area contributed by atoms with Crippen molar-refractivity contribution in [3.05, 3.63) is 23.3 Å². The zero-order valence-corrected chi connectivity index (χ0v) is 19.4. The molecule has 7 atom stereocenters. The van der Waals surface area contributed by atoms with Crippen LogP contribution in [0.1, 0.15) is 48.0 Å². The number of ether oxygens (including phenoxy) is 1. The molecule has 32 heavy (non-hydrogen) atoms. The molecule has 0 aromatic heterocycles. The van der Waals surface area contributed by atoms with Gasteiger partial charge in [0.25, 0.3) is 0 Å². The summed E-state index contributed by atoms with van der Waals surface area (Å²) in [5.41, 5.74) is -0.302. The largest absolute Gasteiger partial charge is 0.464 e. The van der Waals surface area contributed by atoms with E-state index in [0.29, 0.717) is 0 Å². The van der Waals surface area contributed by atoms with E-state index in [0.717, 1.165) is 22.5 Å². The fourth-order valence-corrected chi connectivity index (χ4v) is 7.01. The highest BCUT2D eigenvalue weighted by Gasteiger charge is 2.74. The molecule has 3 amide bonds. The molecule has 1 saturated carbocycles. The first-order valence-corrected chi connectivity index (χ1v) is 11.3. The molecule has 8 heteroatoms. The van der Waals surface area contributed by atoms with Gasteiger partial charge in [0.1, 0.15) is 24.3 Å². The van der Waals surface area contributed by atoms with Crippen LogP contribution in [-0.2, 0) is 28.8 Å². The Kier molecular flexibility index (Phi) is 4.21. The summed E-state index contributed by atoms with van der Waals surface area (Å²) < 4.78 is 5.67. The molecule has 0 unspecified atom stereocenters. The van der Waals surface area contributed by atoms with Gasteiger partial charge in [-0.1, -0.05) is 19.1 Å². The molecule has 0 spiro atoms. The van der Waals surface area contributed by atoms with Gasteiger partial charge in [-0.05, 0) is 57.1 Å². The summed E-state index contributed by atoms with van der Waals surface area (Å²) in [6.45, 7) is 10.8. The zero-order chi connectivity index (χ0) is 23.4. The molecule has 2 saturated heterocycles. The first-order chi connectivity index (χ1) is 14.9. The number of carbonyl (C=O) groups excluding carboxylic acids is 4. The number of hydrogen-bond acceptors (Lipinski definition) is 6. The Hall–Kier alpha value is -2.48. The van der Waals surface area contributed by atoms with Crippen LogP contribution in [0.4, 0.5) is 0 Å².